The second-order valence-corrected chi connectivity index (χ2v) is 9.72. The highest BCUT2D eigenvalue weighted by Crippen LogP contribution is 2.51. The van der Waals surface area contributed by atoms with Crippen LogP contribution >= 0.6 is 0 Å². The van der Waals surface area contributed by atoms with Gasteiger partial charge in [-0.25, -0.2) is 8.78 Å². The summed E-state index contributed by atoms with van der Waals surface area (Å²) in [5.74, 6) is 0. The molecule has 4 rings (SSSR count). The lowest BCUT2D eigenvalue weighted by molar-refractivity contribution is 0.0512. The number of hydrogen-bond acceptors (Lipinski definition) is 1. The summed E-state index contributed by atoms with van der Waals surface area (Å²) in [7, 11) is 0. The molecular weight excluding hydrogens is 388 g/mol. The molecule has 168 valence electrons. The number of halogens is 2. The summed E-state index contributed by atoms with van der Waals surface area (Å²) in [6.07, 6.45) is 6.90. The number of nitrogens with zero attached hydrogens (tertiary/aromatic N) is 1. The van der Waals surface area contributed by atoms with Gasteiger partial charge in [0.05, 0.1) is 0 Å². The van der Waals surface area contributed by atoms with E-state index in [-0.39, 0.29) is 0 Å². The van der Waals surface area contributed by atoms with E-state index in [9.17, 15) is 0 Å². The van der Waals surface area contributed by atoms with Gasteiger partial charge < -0.3 is 4.90 Å². The molecule has 2 aromatic rings. The van der Waals surface area contributed by atoms with Gasteiger partial charge in [-0.3, -0.25) is 0 Å². The maximum atomic E-state index is 15.5. The Bertz CT molecular complexity index is 816. The predicted octanol–water partition coefficient (Wildman–Crippen LogP) is 7.27. The highest BCUT2D eigenvalue weighted by molar-refractivity contribution is 5.44. The Morgan fingerprint density at radius 2 is 1.42 bits per heavy atom. The number of alkyl halides is 2. The van der Waals surface area contributed by atoms with Crippen LogP contribution in [0.2, 0.25) is 0 Å². The van der Waals surface area contributed by atoms with Gasteiger partial charge in [0.15, 0.2) is 0 Å². The molecule has 0 radical (unpaired) electrons. The van der Waals surface area contributed by atoms with Crippen molar-refractivity contribution in [2.45, 2.75) is 89.0 Å². The van der Waals surface area contributed by atoms with Crippen molar-refractivity contribution in [2.24, 2.45) is 0 Å². The normalized spacial score (nSPS) is 20.2. The van der Waals surface area contributed by atoms with Crippen molar-refractivity contribution in [2.75, 3.05) is 13.1 Å². The Morgan fingerprint density at radius 3 is 1.90 bits per heavy atom. The lowest BCUT2D eigenvalue weighted by atomic mass is 9.69. The molecule has 2 saturated carbocycles. The molecule has 2 aliphatic carbocycles. The van der Waals surface area contributed by atoms with Gasteiger partial charge in [-0.15, -0.1) is 0 Å². The smallest absolute Gasteiger partial charge is 0.136 e. The van der Waals surface area contributed by atoms with Gasteiger partial charge in [-0.1, -0.05) is 55.5 Å². The Morgan fingerprint density at radius 1 is 0.839 bits per heavy atom. The fourth-order valence-electron chi connectivity index (χ4n) is 5.35. The monoisotopic (exact) mass is 425 g/mol. The third kappa shape index (κ3) is 4.72. The average molecular weight is 426 g/mol. The summed E-state index contributed by atoms with van der Waals surface area (Å²) in [4.78, 5) is 2.50. The fraction of sp³-hybridized carbons (Fsp3) is 0.571. The van der Waals surface area contributed by atoms with Crippen molar-refractivity contribution in [3.63, 3.8) is 0 Å². The first-order valence-electron chi connectivity index (χ1n) is 12.2. The minimum Gasteiger partial charge on any atom is -0.301 e. The molecule has 2 aromatic carbocycles. The zero-order valence-corrected chi connectivity index (χ0v) is 19.2. The van der Waals surface area contributed by atoms with Gasteiger partial charge in [0.2, 0.25) is 0 Å². The third-order valence-electron chi connectivity index (χ3n) is 7.81. The zero-order valence-electron chi connectivity index (χ0n) is 19.2. The molecule has 0 heterocycles. The van der Waals surface area contributed by atoms with E-state index in [1.165, 1.54) is 5.56 Å². The average Bonchev–Trinajstić information content (AvgIpc) is 2.75. The van der Waals surface area contributed by atoms with E-state index in [0.29, 0.717) is 31.7 Å². The van der Waals surface area contributed by atoms with Crippen LogP contribution in [0, 0.1) is 0 Å². The molecule has 2 aliphatic rings. The molecule has 3 heteroatoms. The molecule has 0 aliphatic heterocycles. The van der Waals surface area contributed by atoms with Crippen molar-refractivity contribution in [3.8, 4) is 0 Å². The summed E-state index contributed by atoms with van der Waals surface area (Å²) < 4.78 is 31.0. The molecular formula is C28H37F2N. The predicted molar refractivity (Wildman–Crippen MR) is 125 cm³/mol. The van der Waals surface area contributed by atoms with E-state index in [0.717, 1.165) is 61.9 Å². The van der Waals surface area contributed by atoms with Crippen LogP contribution < -0.4 is 0 Å². The van der Waals surface area contributed by atoms with E-state index in [1.54, 1.807) is 0 Å². The third-order valence-corrected chi connectivity index (χ3v) is 7.81. The second kappa shape index (κ2) is 9.40. The lowest BCUT2D eigenvalue weighted by Gasteiger charge is -2.40. The molecule has 0 bridgehead atoms. The molecule has 1 unspecified atom stereocenters. The molecule has 0 N–H and O–H groups in total. The second-order valence-electron chi connectivity index (χ2n) is 9.72. The first-order valence-corrected chi connectivity index (χ1v) is 12.2. The van der Waals surface area contributed by atoms with Crippen LogP contribution in [0.3, 0.4) is 0 Å². The summed E-state index contributed by atoms with van der Waals surface area (Å²) in [5, 5.41) is 0. The van der Waals surface area contributed by atoms with Crippen molar-refractivity contribution >= 4 is 0 Å². The lowest BCUT2D eigenvalue weighted by Crippen LogP contribution is -2.37. The van der Waals surface area contributed by atoms with Gasteiger partial charge in [-0.05, 0) is 93.5 Å². The Kier molecular flexibility index (Phi) is 6.81. The number of rotatable bonds is 10. The zero-order chi connectivity index (χ0) is 21.9. The van der Waals surface area contributed by atoms with Crippen LogP contribution in [0.4, 0.5) is 8.78 Å². The van der Waals surface area contributed by atoms with Crippen LogP contribution in [0.15, 0.2) is 48.5 Å². The van der Waals surface area contributed by atoms with Crippen LogP contribution in [0.5, 0.6) is 0 Å². The van der Waals surface area contributed by atoms with Gasteiger partial charge in [0, 0.05) is 12.6 Å². The Labute approximate surface area is 186 Å². The minimum atomic E-state index is -1.24. The van der Waals surface area contributed by atoms with Crippen molar-refractivity contribution in [1.29, 1.82) is 0 Å². The number of likely N-dealkylation sites (N-methyl/N-ethyl adjacent to an activating group) is 1. The maximum Gasteiger partial charge on any atom is 0.136 e. The minimum absolute atomic E-state index is 0.378. The highest BCUT2D eigenvalue weighted by atomic mass is 19.1. The van der Waals surface area contributed by atoms with Crippen LogP contribution in [-0.4, -0.2) is 24.0 Å². The van der Waals surface area contributed by atoms with E-state index in [2.05, 4.69) is 49.1 Å². The van der Waals surface area contributed by atoms with E-state index in [4.69, 9.17) is 0 Å². The molecule has 0 aromatic heterocycles. The van der Waals surface area contributed by atoms with E-state index in [1.807, 2.05) is 18.2 Å². The largest absolute Gasteiger partial charge is 0.301 e. The Balaban J connectivity index is 1.48. The van der Waals surface area contributed by atoms with Crippen molar-refractivity contribution in [1.82, 2.24) is 4.90 Å². The fourth-order valence-corrected chi connectivity index (χ4v) is 5.35. The maximum absolute atomic E-state index is 15.5. The van der Waals surface area contributed by atoms with Crippen LogP contribution in [0.1, 0.15) is 81.0 Å². The van der Waals surface area contributed by atoms with Crippen molar-refractivity contribution < 1.29 is 8.78 Å². The van der Waals surface area contributed by atoms with Gasteiger partial charge in [0.25, 0.3) is 0 Å². The van der Waals surface area contributed by atoms with Crippen molar-refractivity contribution in [3.05, 3.63) is 70.8 Å². The Hall–Kier alpha value is -1.74. The van der Waals surface area contributed by atoms with E-state index >= 15 is 8.78 Å². The first kappa shape index (κ1) is 22.5. The molecule has 0 spiro atoms. The van der Waals surface area contributed by atoms with Gasteiger partial charge >= 0.3 is 0 Å². The highest BCUT2D eigenvalue weighted by Gasteiger charge is 2.45. The first-order chi connectivity index (χ1) is 15.0. The standard InChI is InChI=1S/C28H37F2N/c1-3-31(21-16-23-10-5-4-6-11-23)22(2)14-15-24-25(27(29)17-8-18-27)12-7-13-26(24)28(30)19-9-20-28/h4-7,10-13,22H,3,8-9,14-21H2,1-2H3. The number of hydrogen-bond donors (Lipinski definition) is 0. The topological polar surface area (TPSA) is 3.24 Å². The molecule has 1 nitrogen and oxygen atoms in total. The molecule has 2 fully saturated rings. The quantitative estimate of drug-likeness (QED) is 0.387. The summed E-state index contributed by atoms with van der Waals surface area (Å²) in [6.45, 7) is 6.47. The van der Waals surface area contributed by atoms with E-state index < -0.39 is 11.3 Å². The van der Waals surface area contributed by atoms with Gasteiger partial charge in [0.1, 0.15) is 11.3 Å². The summed E-state index contributed by atoms with van der Waals surface area (Å²) in [6, 6.07) is 16.7. The molecule has 1 atom stereocenters. The SMILES string of the molecule is CCN(CCc1ccccc1)C(C)CCc1c(C2(F)CCC2)cccc1C1(F)CCC1. The summed E-state index contributed by atoms with van der Waals surface area (Å²) in [5.41, 5.74) is 1.39. The molecule has 31 heavy (non-hydrogen) atoms. The number of benzene rings is 2. The van der Waals surface area contributed by atoms with Crippen LogP contribution in [-0.2, 0) is 24.2 Å². The summed E-state index contributed by atoms with van der Waals surface area (Å²) >= 11 is 0. The van der Waals surface area contributed by atoms with Crippen LogP contribution in [0.25, 0.3) is 0 Å². The molecule has 0 amide bonds. The molecule has 0 saturated heterocycles. The van der Waals surface area contributed by atoms with Gasteiger partial charge in [-0.2, -0.15) is 0 Å².